The molecule has 0 aliphatic rings. The number of hydrogen-bond donors (Lipinski definition) is 1. The Bertz CT molecular complexity index is 1100. The van der Waals surface area contributed by atoms with Crippen molar-refractivity contribution in [3.8, 4) is 5.69 Å². The Hall–Kier alpha value is -3.32. The molecule has 0 saturated carbocycles. The molecule has 4 aromatic rings. The summed E-state index contributed by atoms with van der Waals surface area (Å²) in [5.74, 6) is 0. The Morgan fingerprint density at radius 2 is 1.81 bits per heavy atom. The van der Waals surface area contributed by atoms with E-state index in [0.717, 1.165) is 16.8 Å². The van der Waals surface area contributed by atoms with Gasteiger partial charge in [-0.25, -0.2) is 4.98 Å². The van der Waals surface area contributed by atoms with E-state index in [0.29, 0.717) is 5.65 Å². The summed E-state index contributed by atoms with van der Waals surface area (Å²) >= 11 is 0. The predicted octanol–water partition coefficient (Wildman–Crippen LogP) is 2.02. The third-order valence-electron chi connectivity index (χ3n) is 4.26. The van der Waals surface area contributed by atoms with Gasteiger partial charge >= 0.3 is 0 Å². The lowest BCUT2D eigenvalue weighted by Gasteiger charge is -2.13. The number of aliphatic hydroxyl groups excluding tert-OH is 1. The zero-order chi connectivity index (χ0) is 18.1. The quantitative estimate of drug-likeness (QED) is 0.610. The van der Waals surface area contributed by atoms with Gasteiger partial charge in [0.25, 0.3) is 5.56 Å². The van der Waals surface area contributed by atoms with E-state index in [1.807, 2.05) is 61.5 Å². The third-order valence-corrected chi connectivity index (χ3v) is 4.26. The summed E-state index contributed by atoms with van der Waals surface area (Å²) in [4.78, 5) is 17.0. The Balaban J connectivity index is 1.68. The van der Waals surface area contributed by atoms with Gasteiger partial charge < -0.3 is 5.11 Å². The number of aromatic nitrogens is 5. The van der Waals surface area contributed by atoms with Crippen LogP contribution in [0.1, 0.15) is 17.2 Å². The molecule has 2 heterocycles. The lowest BCUT2D eigenvalue weighted by molar-refractivity contribution is 0.155. The molecule has 0 saturated heterocycles. The second kappa shape index (κ2) is 6.53. The number of benzene rings is 2. The first-order chi connectivity index (χ1) is 12.6. The van der Waals surface area contributed by atoms with E-state index in [-0.39, 0.29) is 17.6 Å². The van der Waals surface area contributed by atoms with Crippen molar-refractivity contribution in [1.29, 1.82) is 0 Å². The summed E-state index contributed by atoms with van der Waals surface area (Å²) in [6, 6.07) is 16.9. The van der Waals surface area contributed by atoms with E-state index in [4.69, 9.17) is 0 Å². The highest BCUT2D eigenvalue weighted by atomic mass is 16.3. The molecule has 4 rings (SSSR count). The molecule has 2 aromatic heterocycles. The van der Waals surface area contributed by atoms with Gasteiger partial charge in [0.1, 0.15) is 6.33 Å². The van der Waals surface area contributed by atoms with Crippen LogP contribution >= 0.6 is 0 Å². The number of para-hydroxylation sites is 1. The van der Waals surface area contributed by atoms with Crippen LogP contribution in [0.15, 0.2) is 65.7 Å². The van der Waals surface area contributed by atoms with Gasteiger partial charge in [-0.2, -0.15) is 4.68 Å². The Morgan fingerprint density at radius 1 is 1.08 bits per heavy atom. The third kappa shape index (κ3) is 2.89. The lowest BCUT2D eigenvalue weighted by atomic mass is 10.1. The van der Waals surface area contributed by atoms with Gasteiger partial charge in [0, 0.05) is 0 Å². The zero-order valence-electron chi connectivity index (χ0n) is 14.1. The number of fused-ring (bicyclic) bond motifs is 1. The van der Waals surface area contributed by atoms with Gasteiger partial charge in [-0.15, -0.1) is 5.10 Å². The van der Waals surface area contributed by atoms with Crippen molar-refractivity contribution in [3.63, 3.8) is 0 Å². The van der Waals surface area contributed by atoms with Crippen molar-refractivity contribution in [1.82, 2.24) is 24.5 Å². The van der Waals surface area contributed by atoms with Gasteiger partial charge in [0.05, 0.1) is 18.3 Å². The zero-order valence-corrected chi connectivity index (χ0v) is 14.1. The fourth-order valence-electron chi connectivity index (χ4n) is 2.80. The number of rotatable bonds is 4. The number of nitrogens with zero attached hydrogens (tertiary/aromatic N) is 5. The minimum Gasteiger partial charge on any atom is -0.387 e. The van der Waals surface area contributed by atoms with Crippen molar-refractivity contribution in [2.45, 2.75) is 19.6 Å². The number of hydrogen-bond acceptors (Lipinski definition) is 5. The minimum absolute atomic E-state index is 0.100. The van der Waals surface area contributed by atoms with Crippen LogP contribution in [0.5, 0.6) is 0 Å². The van der Waals surface area contributed by atoms with Crippen LogP contribution in [0.25, 0.3) is 16.9 Å². The largest absolute Gasteiger partial charge is 0.387 e. The van der Waals surface area contributed by atoms with Gasteiger partial charge in [-0.05, 0) is 24.6 Å². The molecule has 130 valence electrons. The Kier molecular flexibility index (Phi) is 4.06. The summed E-state index contributed by atoms with van der Waals surface area (Å²) in [7, 11) is 0. The maximum Gasteiger partial charge on any atom is 0.283 e. The van der Waals surface area contributed by atoms with Crippen molar-refractivity contribution >= 4 is 11.2 Å². The molecule has 7 nitrogen and oxygen atoms in total. The molecule has 2 aromatic carbocycles. The summed E-state index contributed by atoms with van der Waals surface area (Å²) in [5, 5.41) is 18.4. The van der Waals surface area contributed by atoms with Crippen molar-refractivity contribution in [2.24, 2.45) is 0 Å². The van der Waals surface area contributed by atoms with Gasteiger partial charge in [-0.1, -0.05) is 53.2 Å². The molecule has 0 bridgehead atoms. The fourth-order valence-corrected chi connectivity index (χ4v) is 2.80. The maximum absolute atomic E-state index is 12.7. The Morgan fingerprint density at radius 3 is 2.54 bits per heavy atom. The molecule has 1 atom stereocenters. The van der Waals surface area contributed by atoms with Crippen molar-refractivity contribution in [2.75, 3.05) is 0 Å². The van der Waals surface area contributed by atoms with Crippen LogP contribution in [0.4, 0.5) is 0 Å². The van der Waals surface area contributed by atoms with Crippen LogP contribution in [-0.4, -0.2) is 29.7 Å². The summed E-state index contributed by atoms with van der Waals surface area (Å²) < 4.78 is 2.88. The van der Waals surface area contributed by atoms with Gasteiger partial charge in [0.15, 0.2) is 11.2 Å². The van der Waals surface area contributed by atoms with E-state index < -0.39 is 6.10 Å². The van der Waals surface area contributed by atoms with Crippen molar-refractivity contribution in [3.05, 3.63) is 82.4 Å². The first-order valence-corrected chi connectivity index (χ1v) is 8.24. The monoisotopic (exact) mass is 347 g/mol. The van der Waals surface area contributed by atoms with Crippen LogP contribution in [0, 0.1) is 6.92 Å². The Labute approximate surface area is 149 Å². The highest BCUT2D eigenvalue weighted by Crippen LogP contribution is 2.16. The molecule has 0 unspecified atom stereocenters. The summed E-state index contributed by atoms with van der Waals surface area (Å²) in [6.45, 7) is 2.08. The van der Waals surface area contributed by atoms with E-state index in [2.05, 4.69) is 15.3 Å². The molecule has 0 aliphatic carbocycles. The topological polar surface area (TPSA) is 85.8 Å². The van der Waals surface area contributed by atoms with E-state index >= 15 is 0 Å². The van der Waals surface area contributed by atoms with Gasteiger partial charge in [-0.3, -0.25) is 9.36 Å². The van der Waals surface area contributed by atoms with Gasteiger partial charge in [0.2, 0.25) is 0 Å². The summed E-state index contributed by atoms with van der Waals surface area (Å²) in [5.41, 5.74) is 2.87. The molecule has 7 heteroatoms. The SMILES string of the molecule is Cc1ccc([C@H](O)Cn2cnc3c(nnn3-c3ccccc3)c2=O)cc1. The summed E-state index contributed by atoms with van der Waals surface area (Å²) in [6.07, 6.45) is 0.613. The molecule has 0 amide bonds. The molecule has 0 fully saturated rings. The first-order valence-electron chi connectivity index (χ1n) is 8.24. The first kappa shape index (κ1) is 16.2. The number of aliphatic hydroxyl groups is 1. The molecule has 26 heavy (non-hydrogen) atoms. The van der Waals surface area contributed by atoms with Crippen molar-refractivity contribution < 1.29 is 5.11 Å². The molecular formula is C19H17N5O2. The molecule has 0 radical (unpaired) electrons. The maximum atomic E-state index is 12.7. The van der Waals surface area contributed by atoms with E-state index in [1.165, 1.54) is 15.6 Å². The lowest BCUT2D eigenvalue weighted by Crippen LogP contribution is -2.24. The second-order valence-electron chi connectivity index (χ2n) is 6.14. The molecule has 0 spiro atoms. The van der Waals surface area contributed by atoms with Crippen LogP contribution in [0.2, 0.25) is 0 Å². The molecule has 1 N–H and O–H groups in total. The van der Waals surface area contributed by atoms with Crippen LogP contribution < -0.4 is 5.56 Å². The molecular weight excluding hydrogens is 330 g/mol. The van der Waals surface area contributed by atoms with Crippen LogP contribution in [0.3, 0.4) is 0 Å². The standard InChI is InChI=1S/C19H17N5O2/c1-13-7-9-14(10-8-13)16(25)11-23-12-20-18-17(19(23)26)21-22-24(18)15-5-3-2-4-6-15/h2-10,12,16,25H,11H2,1H3/t16-/m1/s1. The predicted molar refractivity (Wildman–Crippen MR) is 97.1 cm³/mol. The average Bonchev–Trinajstić information content (AvgIpc) is 3.10. The highest BCUT2D eigenvalue weighted by Gasteiger charge is 2.15. The van der Waals surface area contributed by atoms with E-state index in [1.54, 1.807) is 0 Å². The number of aryl methyl sites for hydroxylation is 1. The minimum atomic E-state index is -0.809. The van der Waals surface area contributed by atoms with Crippen LogP contribution in [-0.2, 0) is 6.54 Å². The average molecular weight is 347 g/mol. The molecule has 0 aliphatic heterocycles. The highest BCUT2D eigenvalue weighted by molar-refractivity contribution is 5.70. The van der Waals surface area contributed by atoms with E-state index in [9.17, 15) is 9.90 Å². The fraction of sp³-hybridized carbons (Fsp3) is 0.158. The smallest absolute Gasteiger partial charge is 0.283 e. The second-order valence-corrected chi connectivity index (χ2v) is 6.14. The normalized spacial score (nSPS) is 12.4.